The monoisotopic (exact) mass is 890 g/mol. The number of furan rings is 1. The molecule has 0 amide bonds. The summed E-state index contributed by atoms with van der Waals surface area (Å²) in [6.45, 7) is 0. The van der Waals surface area contributed by atoms with Crippen molar-refractivity contribution in [2.75, 3.05) is 0 Å². The summed E-state index contributed by atoms with van der Waals surface area (Å²) >= 11 is 0. The highest BCUT2D eigenvalue weighted by Gasteiger charge is 2.25. The van der Waals surface area contributed by atoms with E-state index in [9.17, 15) is 0 Å². The van der Waals surface area contributed by atoms with Crippen molar-refractivity contribution in [2.45, 2.75) is 0 Å². The molecule has 0 unspecified atom stereocenters. The Kier molecular flexibility index (Phi) is 8.29. The fraction of sp³-hybridized carbons (Fsp3) is 0. The van der Waals surface area contributed by atoms with Crippen molar-refractivity contribution in [1.82, 2.24) is 19.5 Å². The maximum absolute atomic E-state index is 6.92. The molecular formula is C65H38N4O. The normalized spacial score (nSPS) is 12.0. The van der Waals surface area contributed by atoms with E-state index in [1.165, 1.54) is 32.3 Å². The zero-order chi connectivity index (χ0) is 45.9. The van der Waals surface area contributed by atoms with Crippen LogP contribution in [0, 0.1) is 0 Å². The first-order valence-electron chi connectivity index (χ1n) is 23.7. The zero-order valence-electron chi connectivity index (χ0n) is 37.6. The van der Waals surface area contributed by atoms with Crippen LogP contribution in [0.2, 0.25) is 0 Å². The molecule has 0 aliphatic rings. The molecule has 0 fully saturated rings. The molecule has 0 spiro atoms. The second-order valence-corrected chi connectivity index (χ2v) is 18.3. The molecule has 0 saturated carbocycles. The van der Waals surface area contributed by atoms with Gasteiger partial charge in [0.05, 0.1) is 16.7 Å². The molecule has 3 heterocycles. The molecule has 15 rings (SSSR count). The van der Waals surface area contributed by atoms with Gasteiger partial charge in [-0.05, 0) is 107 Å². The third-order valence-electron chi connectivity index (χ3n) is 14.4. The maximum Gasteiger partial charge on any atom is 0.166 e. The molecule has 0 saturated heterocycles. The Labute approximate surface area is 401 Å². The minimum absolute atomic E-state index is 0.561. The summed E-state index contributed by atoms with van der Waals surface area (Å²) in [7, 11) is 0. The van der Waals surface area contributed by atoms with Gasteiger partial charge in [-0.15, -0.1) is 0 Å². The summed E-state index contributed by atoms with van der Waals surface area (Å²) in [5.41, 5.74) is 9.58. The zero-order valence-corrected chi connectivity index (χ0v) is 37.6. The minimum Gasteiger partial charge on any atom is -0.456 e. The number of benzene rings is 12. The molecule has 0 atom stereocenters. The van der Waals surface area contributed by atoms with Gasteiger partial charge in [-0.3, -0.25) is 0 Å². The van der Waals surface area contributed by atoms with E-state index in [0.29, 0.717) is 17.5 Å². The molecule has 15 aromatic rings. The van der Waals surface area contributed by atoms with E-state index >= 15 is 0 Å². The van der Waals surface area contributed by atoms with Gasteiger partial charge in [0.2, 0.25) is 0 Å². The first kappa shape index (κ1) is 38.6. The Bertz CT molecular complexity index is 4660. The molecule has 12 aromatic carbocycles. The number of hydrogen-bond donors (Lipinski definition) is 0. The van der Waals surface area contributed by atoms with Crippen LogP contribution in [-0.2, 0) is 0 Å². The predicted octanol–water partition coefficient (Wildman–Crippen LogP) is 17.3. The topological polar surface area (TPSA) is 56.7 Å². The molecular weight excluding hydrogens is 853 g/mol. The second-order valence-electron chi connectivity index (χ2n) is 18.3. The van der Waals surface area contributed by atoms with Crippen LogP contribution in [0.5, 0.6) is 0 Å². The lowest BCUT2D eigenvalue weighted by molar-refractivity contribution is 0.669. The van der Waals surface area contributed by atoms with Gasteiger partial charge in [-0.1, -0.05) is 182 Å². The number of fused-ring (bicyclic) bond motifs is 14. The SMILES string of the molecule is c1ccc(-c2cccc(-c3nc(-c4cc5c(cc4-n4c6cc7ccccc7cc6c6c7ccccc7ccc64)oc4ccc6ccccc6c45)nc(-c4cc5ccccc5c5ccccc45)n3)c2)cc1. The summed E-state index contributed by atoms with van der Waals surface area (Å²) in [5, 5.41) is 16.0. The standard InChI is InChI=1S/C65H38N4O/c1-2-15-39(16-3-1)42-22-14-23-46(33-42)63-66-64(52-35-45-21-8-9-24-47(45)50-27-12-13-28-51(50)52)68-65(67-63)54-37-55-60(70-59-32-30-41-18-7-11-26-49(41)62(55)59)38-58(54)69-56-31-29-40-17-6-10-25-48(40)61(56)53-34-43-19-4-5-20-44(43)36-57(53)69/h1-38H. The highest BCUT2D eigenvalue weighted by Crippen LogP contribution is 2.45. The summed E-state index contributed by atoms with van der Waals surface area (Å²) in [6.07, 6.45) is 0. The Hall–Kier alpha value is -9.45. The molecule has 0 radical (unpaired) electrons. The lowest BCUT2D eigenvalue weighted by Crippen LogP contribution is -2.04. The van der Waals surface area contributed by atoms with Gasteiger partial charge in [0, 0.05) is 44.3 Å². The molecule has 5 nitrogen and oxygen atoms in total. The highest BCUT2D eigenvalue weighted by molar-refractivity contribution is 6.24. The van der Waals surface area contributed by atoms with Crippen LogP contribution in [0.25, 0.3) is 149 Å². The summed E-state index contributed by atoms with van der Waals surface area (Å²) < 4.78 is 9.33. The smallest absolute Gasteiger partial charge is 0.166 e. The number of rotatable bonds is 5. The van der Waals surface area contributed by atoms with Crippen LogP contribution in [-0.4, -0.2) is 19.5 Å². The predicted molar refractivity (Wildman–Crippen MR) is 291 cm³/mol. The van der Waals surface area contributed by atoms with Crippen LogP contribution in [0.4, 0.5) is 0 Å². The van der Waals surface area contributed by atoms with E-state index in [2.05, 4.69) is 229 Å². The minimum atomic E-state index is 0.561. The van der Waals surface area contributed by atoms with Crippen LogP contribution in [0.1, 0.15) is 0 Å². The van der Waals surface area contributed by atoms with Gasteiger partial charge in [0.25, 0.3) is 0 Å². The average molecular weight is 891 g/mol. The Balaban J connectivity index is 1.10. The summed E-state index contributed by atoms with van der Waals surface area (Å²) in [6, 6.07) is 82.2. The van der Waals surface area contributed by atoms with Crippen molar-refractivity contribution in [3.05, 3.63) is 231 Å². The van der Waals surface area contributed by atoms with Crippen molar-refractivity contribution in [2.24, 2.45) is 0 Å². The van der Waals surface area contributed by atoms with Crippen LogP contribution >= 0.6 is 0 Å². The van der Waals surface area contributed by atoms with Crippen LogP contribution in [0.15, 0.2) is 235 Å². The third-order valence-corrected chi connectivity index (χ3v) is 14.4. The van der Waals surface area contributed by atoms with Gasteiger partial charge in [-0.2, -0.15) is 0 Å². The third kappa shape index (κ3) is 5.88. The van der Waals surface area contributed by atoms with Crippen molar-refractivity contribution in [1.29, 1.82) is 0 Å². The lowest BCUT2D eigenvalue weighted by Gasteiger charge is -2.16. The molecule has 0 aliphatic carbocycles. The molecule has 0 bridgehead atoms. The Morgan fingerprint density at radius 3 is 1.66 bits per heavy atom. The fourth-order valence-corrected chi connectivity index (χ4v) is 11.1. The van der Waals surface area contributed by atoms with Crippen LogP contribution < -0.4 is 0 Å². The van der Waals surface area contributed by atoms with E-state index in [4.69, 9.17) is 19.4 Å². The number of aromatic nitrogens is 4. The van der Waals surface area contributed by atoms with E-state index in [-0.39, 0.29) is 0 Å². The van der Waals surface area contributed by atoms with E-state index in [1.54, 1.807) is 0 Å². The second kappa shape index (κ2) is 15.0. The fourth-order valence-electron chi connectivity index (χ4n) is 11.1. The largest absolute Gasteiger partial charge is 0.456 e. The van der Waals surface area contributed by atoms with Gasteiger partial charge < -0.3 is 8.98 Å². The van der Waals surface area contributed by atoms with Gasteiger partial charge in [-0.25, -0.2) is 15.0 Å². The molecule has 5 heteroatoms. The average Bonchev–Trinajstić information content (AvgIpc) is 3.97. The highest BCUT2D eigenvalue weighted by atomic mass is 16.3. The van der Waals surface area contributed by atoms with Crippen molar-refractivity contribution < 1.29 is 4.42 Å². The Morgan fingerprint density at radius 1 is 0.286 bits per heavy atom. The van der Waals surface area contributed by atoms with E-state index in [0.717, 1.165) is 98.8 Å². The van der Waals surface area contributed by atoms with Crippen molar-refractivity contribution in [3.8, 4) is 51.0 Å². The first-order valence-corrected chi connectivity index (χ1v) is 23.7. The van der Waals surface area contributed by atoms with E-state index in [1.807, 2.05) is 6.07 Å². The van der Waals surface area contributed by atoms with Gasteiger partial charge >= 0.3 is 0 Å². The molecule has 3 aromatic heterocycles. The number of nitrogens with zero attached hydrogens (tertiary/aromatic N) is 4. The van der Waals surface area contributed by atoms with Crippen LogP contribution in [0.3, 0.4) is 0 Å². The maximum atomic E-state index is 6.92. The molecule has 324 valence electrons. The molecule has 0 aliphatic heterocycles. The lowest BCUT2D eigenvalue weighted by atomic mass is 9.96. The van der Waals surface area contributed by atoms with E-state index < -0.39 is 0 Å². The van der Waals surface area contributed by atoms with Crippen molar-refractivity contribution >= 4 is 97.6 Å². The van der Waals surface area contributed by atoms with Crippen molar-refractivity contribution in [3.63, 3.8) is 0 Å². The summed E-state index contributed by atoms with van der Waals surface area (Å²) in [5.74, 6) is 1.74. The quantitative estimate of drug-likeness (QED) is 0.162. The Morgan fingerprint density at radius 2 is 0.871 bits per heavy atom. The summed E-state index contributed by atoms with van der Waals surface area (Å²) in [4.78, 5) is 16.7. The number of hydrogen-bond acceptors (Lipinski definition) is 4. The van der Waals surface area contributed by atoms with Gasteiger partial charge in [0.15, 0.2) is 17.5 Å². The molecule has 70 heavy (non-hydrogen) atoms. The molecule has 0 N–H and O–H groups in total. The van der Waals surface area contributed by atoms with Gasteiger partial charge in [0.1, 0.15) is 11.2 Å². The first-order chi connectivity index (χ1) is 34.7.